The minimum atomic E-state index is -0.542. The predicted octanol–water partition coefficient (Wildman–Crippen LogP) is 3.46. The Balaban J connectivity index is 2.06. The highest BCUT2D eigenvalue weighted by atomic mass is 32.1. The van der Waals surface area contributed by atoms with E-state index in [1.807, 2.05) is 19.1 Å². The van der Waals surface area contributed by atoms with Gasteiger partial charge >= 0.3 is 5.97 Å². The van der Waals surface area contributed by atoms with Crippen molar-refractivity contribution in [1.29, 1.82) is 0 Å². The van der Waals surface area contributed by atoms with Crippen molar-refractivity contribution in [2.75, 3.05) is 6.61 Å². The van der Waals surface area contributed by atoms with E-state index >= 15 is 0 Å². The summed E-state index contributed by atoms with van der Waals surface area (Å²) in [5, 5.41) is 0.879. The number of hydrogen-bond acceptors (Lipinski definition) is 5. The van der Waals surface area contributed by atoms with Gasteiger partial charge in [-0.3, -0.25) is 4.79 Å². The number of aromatic nitrogens is 2. The van der Waals surface area contributed by atoms with E-state index in [4.69, 9.17) is 4.74 Å². The van der Waals surface area contributed by atoms with Gasteiger partial charge in [0, 0.05) is 6.20 Å². The van der Waals surface area contributed by atoms with Crippen LogP contribution in [0.4, 0.5) is 0 Å². The number of ether oxygens (including phenoxy) is 1. The fourth-order valence-electron chi connectivity index (χ4n) is 2.90. The van der Waals surface area contributed by atoms with E-state index in [1.165, 1.54) is 17.8 Å². The van der Waals surface area contributed by atoms with Gasteiger partial charge in [-0.05, 0) is 31.9 Å². The zero-order valence-electron chi connectivity index (χ0n) is 11.6. The molecular weight excluding hydrogens is 272 g/mol. The lowest BCUT2D eigenvalue weighted by Crippen LogP contribution is -2.39. The lowest BCUT2D eigenvalue weighted by atomic mass is 9.74. The van der Waals surface area contributed by atoms with E-state index in [0.717, 1.165) is 41.0 Å². The van der Waals surface area contributed by atoms with Crippen LogP contribution in [-0.4, -0.2) is 22.5 Å². The van der Waals surface area contributed by atoms with Gasteiger partial charge in [0.05, 0.1) is 6.61 Å². The number of thiazole rings is 1. The molecule has 2 aromatic rings. The van der Waals surface area contributed by atoms with Crippen molar-refractivity contribution in [2.45, 2.75) is 44.4 Å². The van der Waals surface area contributed by atoms with Crippen LogP contribution in [0.15, 0.2) is 18.3 Å². The van der Waals surface area contributed by atoms with Crippen LogP contribution in [-0.2, 0) is 14.9 Å². The number of carbonyl (C=O) groups excluding carboxylic acids is 1. The maximum absolute atomic E-state index is 12.5. The Hall–Kier alpha value is -1.49. The molecule has 0 bridgehead atoms. The van der Waals surface area contributed by atoms with Crippen molar-refractivity contribution in [2.24, 2.45) is 0 Å². The third-order valence-electron chi connectivity index (χ3n) is 3.95. The van der Waals surface area contributed by atoms with Gasteiger partial charge in [-0.15, -0.1) is 0 Å². The molecule has 2 heterocycles. The molecule has 0 spiro atoms. The summed E-state index contributed by atoms with van der Waals surface area (Å²) in [6, 6.07) is 3.83. The van der Waals surface area contributed by atoms with E-state index < -0.39 is 5.41 Å². The van der Waals surface area contributed by atoms with Crippen molar-refractivity contribution in [3.63, 3.8) is 0 Å². The summed E-state index contributed by atoms with van der Waals surface area (Å²) >= 11 is 1.53. The molecule has 2 aromatic heterocycles. The first-order chi connectivity index (χ1) is 9.76. The minimum Gasteiger partial charge on any atom is -0.465 e. The summed E-state index contributed by atoms with van der Waals surface area (Å²) in [4.78, 5) is 22.4. The van der Waals surface area contributed by atoms with Gasteiger partial charge < -0.3 is 4.74 Å². The van der Waals surface area contributed by atoms with Gasteiger partial charge in [-0.2, -0.15) is 0 Å². The number of nitrogens with zero attached hydrogens (tertiary/aromatic N) is 2. The van der Waals surface area contributed by atoms with Gasteiger partial charge in [0.25, 0.3) is 0 Å². The molecule has 1 fully saturated rings. The molecule has 0 aromatic carbocycles. The average Bonchev–Trinajstić information content (AvgIpc) is 2.92. The van der Waals surface area contributed by atoms with Gasteiger partial charge in [0.2, 0.25) is 0 Å². The largest absolute Gasteiger partial charge is 0.465 e. The number of pyridine rings is 1. The summed E-state index contributed by atoms with van der Waals surface area (Å²) in [6.45, 7) is 2.28. The van der Waals surface area contributed by atoms with Crippen molar-refractivity contribution in [3.8, 4) is 0 Å². The molecule has 20 heavy (non-hydrogen) atoms. The van der Waals surface area contributed by atoms with E-state index in [1.54, 1.807) is 6.20 Å². The first-order valence-electron chi connectivity index (χ1n) is 7.15. The summed E-state index contributed by atoms with van der Waals surface area (Å²) in [5.74, 6) is -0.112. The quantitative estimate of drug-likeness (QED) is 0.812. The average molecular weight is 290 g/mol. The topological polar surface area (TPSA) is 52.1 Å². The Kier molecular flexibility index (Phi) is 3.70. The van der Waals surface area contributed by atoms with Crippen LogP contribution in [0.25, 0.3) is 10.3 Å². The van der Waals surface area contributed by atoms with Crippen LogP contribution >= 0.6 is 11.3 Å². The fourth-order valence-corrected chi connectivity index (χ4v) is 4.05. The monoisotopic (exact) mass is 290 g/mol. The number of esters is 1. The van der Waals surface area contributed by atoms with Crippen LogP contribution in [0.5, 0.6) is 0 Å². The van der Waals surface area contributed by atoms with Crippen molar-refractivity contribution >= 4 is 27.7 Å². The second-order valence-corrected chi connectivity index (χ2v) is 6.19. The highest BCUT2D eigenvalue weighted by molar-refractivity contribution is 7.18. The first kappa shape index (κ1) is 13.5. The van der Waals surface area contributed by atoms with Gasteiger partial charge in [0.1, 0.15) is 20.8 Å². The fraction of sp³-hybridized carbons (Fsp3) is 0.533. The molecule has 0 aliphatic heterocycles. The van der Waals surface area contributed by atoms with E-state index in [9.17, 15) is 4.79 Å². The Morgan fingerprint density at radius 2 is 2.20 bits per heavy atom. The van der Waals surface area contributed by atoms with Crippen molar-refractivity contribution < 1.29 is 9.53 Å². The molecule has 1 saturated carbocycles. The summed E-state index contributed by atoms with van der Waals surface area (Å²) in [5.41, 5.74) is 0.335. The zero-order chi connectivity index (χ0) is 14.0. The molecular formula is C15H18N2O2S. The SMILES string of the molecule is CCOC(=O)C1(c2nc3cccnc3s2)CCCCC1. The smallest absolute Gasteiger partial charge is 0.319 e. The van der Waals surface area contributed by atoms with Crippen LogP contribution in [0.3, 0.4) is 0 Å². The first-order valence-corrected chi connectivity index (χ1v) is 7.97. The number of carbonyl (C=O) groups is 1. The normalized spacial score (nSPS) is 18.1. The molecule has 106 valence electrons. The van der Waals surface area contributed by atoms with Gasteiger partial charge in [0.15, 0.2) is 0 Å². The van der Waals surface area contributed by atoms with Crippen molar-refractivity contribution in [1.82, 2.24) is 9.97 Å². The molecule has 4 nitrogen and oxygen atoms in total. The van der Waals surface area contributed by atoms with Crippen molar-refractivity contribution in [3.05, 3.63) is 23.3 Å². The van der Waals surface area contributed by atoms with Crippen LogP contribution in [0.2, 0.25) is 0 Å². The molecule has 0 N–H and O–H groups in total. The second-order valence-electron chi connectivity index (χ2n) is 5.21. The zero-order valence-corrected chi connectivity index (χ0v) is 12.4. The lowest BCUT2D eigenvalue weighted by molar-refractivity contribution is -0.151. The standard InChI is InChI=1S/C15H18N2O2S/c1-2-19-14(18)15(8-4-3-5-9-15)13-17-11-7-6-10-16-12(11)20-13/h6-7,10H,2-5,8-9H2,1H3. The number of rotatable bonds is 3. The lowest BCUT2D eigenvalue weighted by Gasteiger charge is -2.32. The number of fused-ring (bicyclic) bond motifs is 1. The molecule has 1 aliphatic carbocycles. The minimum absolute atomic E-state index is 0.112. The Morgan fingerprint density at radius 1 is 1.40 bits per heavy atom. The highest BCUT2D eigenvalue weighted by Crippen LogP contribution is 2.43. The summed E-state index contributed by atoms with van der Waals surface area (Å²) in [6.07, 6.45) is 6.74. The predicted molar refractivity (Wildman–Crippen MR) is 78.8 cm³/mol. The van der Waals surface area contributed by atoms with Crippen LogP contribution < -0.4 is 0 Å². The second kappa shape index (κ2) is 5.48. The Bertz CT molecular complexity index is 584. The van der Waals surface area contributed by atoms with E-state index in [0.29, 0.717) is 6.61 Å². The molecule has 5 heteroatoms. The summed E-state index contributed by atoms with van der Waals surface area (Å²) in [7, 11) is 0. The van der Waals surface area contributed by atoms with Crippen LogP contribution in [0, 0.1) is 0 Å². The Morgan fingerprint density at radius 3 is 2.90 bits per heavy atom. The van der Waals surface area contributed by atoms with E-state index in [2.05, 4.69) is 9.97 Å². The highest BCUT2D eigenvalue weighted by Gasteiger charge is 2.45. The molecule has 3 rings (SSSR count). The maximum atomic E-state index is 12.5. The molecule has 0 unspecified atom stereocenters. The van der Waals surface area contributed by atoms with Crippen LogP contribution in [0.1, 0.15) is 44.0 Å². The van der Waals surface area contributed by atoms with E-state index in [-0.39, 0.29) is 5.97 Å². The van der Waals surface area contributed by atoms with Gasteiger partial charge in [-0.25, -0.2) is 9.97 Å². The molecule has 0 saturated heterocycles. The Labute approximate surface area is 122 Å². The third-order valence-corrected chi connectivity index (χ3v) is 5.13. The number of hydrogen-bond donors (Lipinski definition) is 0. The summed E-state index contributed by atoms with van der Waals surface area (Å²) < 4.78 is 5.34. The maximum Gasteiger partial charge on any atom is 0.319 e. The molecule has 0 atom stereocenters. The third kappa shape index (κ3) is 2.20. The molecule has 1 aliphatic rings. The molecule has 0 amide bonds. The van der Waals surface area contributed by atoms with Gasteiger partial charge in [-0.1, -0.05) is 30.6 Å². The molecule has 0 radical (unpaired) electrons.